The molecule has 0 saturated heterocycles. The van der Waals surface area contributed by atoms with Crippen molar-refractivity contribution in [3.8, 4) is 16.9 Å². The monoisotopic (exact) mass is 576 g/mol. The van der Waals surface area contributed by atoms with Crippen molar-refractivity contribution in [2.45, 2.75) is 45.5 Å². The number of esters is 1. The molecule has 0 aliphatic heterocycles. The zero-order valence-electron chi connectivity index (χ0n) is 23.2. The fourth-order valence-corrected chi connectivity index (χ4v) is 5.94. The number of carbonyl (C=O) groups excluding carboxylic acids is 2. The quantitative estimate of drug-likeness (QED) is 0.120. The van der Waals surface area contributed by atoms with Crippen LogP contribution in [0.15, 0.2) is 65.7 Å². The van der Waals surface area contributed by atoms with Crippen LogP contribution in [0.5, 0.6) is 5.75 Å². The average Bonchev–Trinajstić information content (AvgIpc) is 3.52. The number of amides is 1. The van der Waals surface area contributed by atoms with Crippen LogP contribution in [0.25, 0.3) is 11.1 Å². The fourth-order valence-electron chi connectivity index (χ4n) is 4.23. The third-order valence-corrected chi connectivity index (χ3v) is 8.03. The Kier molecular flexibility index (Phi) is 9.44. The number of nitrogens with zero attached hydrogens (tertiary/aromatic N) is 3. The van der Waals surface area contributed by atoms with Crippen molar-refractivity contribution >= 4 is 40.0 Å². The summed E-state index contributed by atoms with van der Waals surface area (Å²) in [5, 5.41) is 14.4. The van der Waals surface area contributed by atoms with Gasteiger partial charge in [0.2, 0.25) is 5.91 Å². The molecule has 0 bridgehead atoms. The molecular formula is C30H32N4O4S2. The molecule has 1 N–H and O–H groups in total. The third-order valence-electron chi connectivity index (χ3n) is 6.17. The third kappa shape index (κ3) is 6.63. The van der Waals surface area contributed by atoms with Crippen LogP contribution >= 0.6 is 23.1 Å². The first-order valence-corrected chi connectivity index (χ1v) is 14.6. The minimum atomic E-state index is -0.502. The number of thioether (sulfide) groups is 1. The second-order valence-corrected chi connectivity index (χ2v) is 11.1. The number of methoxy groups -OCH3 is 1. The van der Waals surface area contributed by atoms with E-state index in [2.05, 4.69) is 22.1 Å². The summed E-state index contributed by atoms with van der Waals surface area (Å²) in [5.41, 5.74) is 5.21. The van der Waals surface area contributed by atoms with Gasteiger partial charge in [0.15, 0.2) is 17.1 Å². The molecule has 0 aliphatic carbocycles. The van der Waals surface area contributed by atoms with E-state index in [0.29, 0.717) is 28.1 Å². The minimum absolute atomic E-state index is 0.0692. The Morgan fingerprint density at radius 1 is 1.12 bits per heavy atom. The Bertz CT molecular complexity index is 1540. The largest absolute Gasteiger partial charge is 0.483 e. The summed E-state index contributed by atoms with van der Waals surface area (Å²) in [6.45, 7) is 12.2. The summed E-state index contributed by atoms with van der Waals surface area (Å²) in [7, 11) is 1.34. The molecule has 0 aliphatic rings. The first-order valence-electron chi connectivity index (χ1n) is 12.7. The number of benzene rings is 2. The van der Waals surface area contributed by atoms with E-state index in [-0.39, 0.29) is 17.8 Å². The number of aromatic nitrogens is 3. The smallest absolute Gasteiger partial charge is 0.341 e. The van der Waals surface area contributed by atoms with E-state index in [4.69, 9.17) is 9.47 Å². The van der Waals surface area contributed by atoms with Crippen LogP contribution < -0.4 is 10.1 Å². The molecule has 0 spiro atoms. The van der Waals surface area contributed by atoms with Crippen LogP contribution in [0.4, 0.5) is 5.00 Å². The van der Waals surface area contributed by atoms with Gasteiger partial charge in [-0.25, -0.2) is 4.79 Å². The molecule has 0 saturated carbocycles. The highest BCUT2D eigenvalue weighted by molar-refractivity contribution is 7.99. The molecule has 4 aromatic rings. The van der Waals surface area contributed by atoms with Crippen molar-refractivity contribution in [2.75, 3.05) is 18.2 Å². The summed E-state index contributed by atoms with van der Waals surface area (Å²) >= 11 is 2.55. The first kappa shape index (κ1) is 29.1. The van der Waals surface area contributed by atoms with Gasteiger partial charge in [0.05, 0.1) is 12.9 Å². The highest BCUT2D eigenvalue weighted by Crippen LogP contribution is 2.38. The summed E-state index contributed by atoms with van der Waals surface area (Å²) < 4.78 is 13.0. The maximum absolute atomic E-state index is 13.0. The number of hydrogen-bond acceptors (Lipinski definition) is 8. The summed E-state index contributed by atoms with van der Waals surface area (Å²) in [5.74, 6) is 0.668. The van der Waals surface area contributed by atoms with Crippen molar-refractivity contribution < 1.29 is 19.1 Å². The molecule has 10 heteroatoms. The van der Waals surface area contributed by atoms with E-state index in [1.807, 2.05) is 80.1 Å². The Balaban J connectivity index is 1.50. The molecule has 0 radical (unpaired) electrons. The first-order chi connectivity index (χ1) is 19.2. The highest BCUT2D eigenvalue weighted by Gasteiger charge is 2.24. The van der Waals surface area contributed by atoms with Crippen LogP contribution in [0.3, 0.4) is 0 Å². The molecule has 40 heavy (non-hydrogen) atoms. The zero-order valence-corrected chi connectivity index (χ0v) is 24.8. The lowest BCUT2D eigenvalue weighted by molar-refractivity contribution is -0.113. The lowest BCUT2D eigenvalue weighted by Crippen LogP contribution is -2.17. The van der Waals surface area contributed by atoms with Gasteiger partial charge >= 0.3 is 5.97 Å². The molecule has 1 unspecified atom stereocenters. The maximum Gasteiger partial charge on any atom is 0.341 e. The van der Waals surface area contributed by atoms with Gasteiger partial charge < -0.3 is 14.8 Å². The predicted octanol–water partition coefficient (Wildman–Crippen LogP) is 6.78. The zero-order chi connectivity index (χ0) is 28.8. The summed E-state index contributed by atoms with van der Waals surface area (Å²) in [6.07, 6.45) is 1.38. The molecule has 0 fully saturated rings. The number of anilines is 1. The molecular weight excluding hydrogens is 544 g/mol. The minimum Gasteiger partial charge on any atom is -0.483 e. The van der Waals surface area contributed by atoms with Crippen LogP contribution in [-0.2, 0) is 16.1 Å². The number of thiophene rings is 1. The Morgan fingerprint density at radius 3 is 2.62 bits per heavy atom. The molecule has 4 rings (SSSR count). The highest BCUT2D eigenvalue weighted by atomic mass is 32.2. The number of allylic oxidation sites excluding steroid dienone is 1. The van der Waals surface area contributed by atoms with Crippen molar-refractivity contribution in [1.82, 2.24) is 14.8 Å². The van der Waals surface area contributed by atoms with Crippen LogP contribution in [0.2, 0.25) is 0 Å². The number of ether oxygens (including phenoxy) is 2. The van der Waals surface area contributed by atoms with E-state index in [9.17, 15) is 9.59 Å². The SMILES string of the molecule is C=CCn1c(SCC(=O)Nc2scc(-c3cc(C)ccc3C)c2C(=O)OC)nnc1C(C)Oc1cccc(C)c1. The topological polar surface area (TPSA) is 95.3 Å². The van der Waals surface area contributed by atoms with Crippen molar-refractivity contribution in [1.29, 1.82) is 0 Å². The number of aryl methyl sites for hydroxylation is 3. The molecule has 1 atom stereocenters. The number of carbonyl (C=O) groups is 2. The van der Waals surface area contributed by atoms with Crippen LogP contribution in [0, 0.1) is 20.8 Å². The molecule has 208 valence electrons. The van der Waals surface area contributed by atoms with Gasteiger partial charge in [0, 0.05) is 17.5 Å². The van der Waals surface area contributed by atoms with E-state index >= 15 is 0 Å². The van der Waals surface area contributed by atoms with Gasteiger partial charge in [-0.3, -0.25) is 9.36 Å². The second kappa shape index (κ2) is 13.0. The van der Waals surface area contributed by atoms with Crippen molar-refractivity contribution in [3.63, 3.8) is 0 Å². The number of hydrogen-bond donors (Lipinski definition) is 1. The standard InChI is InChI=1S/C30H32N4O4S2/c1-7-13-34-27(21(5)38-22-10-8-9-18(2)14-22)32-33-30(34)40-17-25(35)31-28-26(29(36)37-6)24(16-39-28)23-15-19(3)11-12-20(23)4/h7-12,14-16,21H,1,13,17H2,2-6H3,(H,31,35). The molecule has 2 aromatic heterocycles. The van der Waals surface area contributed by atoms with Crippen LogP contribution in [-0.4, -0.2) is 39.5 Å². The predicted molar refractivity (Wildman–Crippen MR) is 160 cm³/mol. The molecule has 8 nitrogen and oxygen atoms in total. The van der Waals surface area contributed by atoms with Crippen molar-refractivity contribution in [2.24, 2.45) is 0 Å². The van der Waals surface area contributed by atoms with Gasteiger partial charge in [0.25, 0.3) is 0 Å². The molecule has 2 aromatic carbocycles. The molecule has 2 heterocycles. The lowest BCUT2D eigenvalue weighted by atomic mass is 9.97. The van der Waals surface area contributed by atoms with E-state index in [1.165, 1.54) is 30.2 Å². The number of rotatable bonds is 11. The Morgan fingerprint density at radius 2 is 1.90 bits per heavy atom. The van der Waals surface area contributed by atoms with Gasteiger partial charge in [-0.1, -0.05) is 53.7 Å². The average molecular weight is 577 g/mol. The van der Waals surface area contributed by atoms with Crippen LogP contribution in [0.1, 0.15) is 45.9 Å². The fraction of sp³-hybridized carbons (Fsp3) is 0.267. The van der Waals surface area contributed by atoms with Gasteiger partial charge in [-0.15, -0.1) is 28.1 Å². The van der Waals surface area contributed by atoms with Gasteiger partial charge in [-0.05, 0) is 56.5 Å². The van der Waals surface area contributed by atoms with E-state index in [1.54, 1.807) is 6.08 Å². The van der Waals surface area contributed by atoms with Gasteiger partial charge in [0.1, 0.15) is 16.3 Å². The van der Waals surface area contributed by atoms with E-state index < -0.39 is 5.97 Å². The maximum atomic E-state index is 13.0. The van der Waals surface area contributed by atoms with E-state index in [0.717, 1.165) is 33.6 Å². The summed E-state index contributed by atoms with van der Waals surface area (Å²) in [6, 6.07) is 13.9. The Labute approximate surface area is 242 Å². The second-order valence-electron chi connectivity index (χ2n) is 9.32. The lowest BCUT2D eigenvalue weighted by Gasteiger charge is -2.16. The van der Waals surface area contributed by atoms with Crippen molar-refractivity contribution in [3.05, 3.63) is 88.6 Å². The van der Waals surface area contributed by atoms with Gasteiger partial charge in [-0.2, -0.15) is 0 Å². The summed E-state index contributed by atoms with van der Waals surface area (Å²) in [4.78, 5) is 25.8. The molecule has 1 amide bonds. The number of nitrogens with one attached hydrogen (secondary N) is 1. The normalized spacial score (nSPS) is 11.6. The Hall–Kier alpha value is -3.89.